The van der Waals surface area contributed by atoms with E-state index in [0.29, 0.717) is 0 Å². The average molecular weight is 323 g/mol. The van der Waals surface area contributed by atoms with Crippen molar-refractivity contribution in [3.8, 4) is 11.8 Å². The Balaban J connectivity index is 2.50. The lowest BCUT2D eigenvalue weighted by Crippen LogP contribution is -2.11. The van der Waals surface area contributed by atoms with E-state index in [2.05, 4.69) is 47.3 Å². The molecule has 0 heterocycles. The van der Waals surface area contributed by atoms with Gasteiger partial charge in [0.05, 0.1) is 6.10 Å². The van der Waals surface area contributed by atoms with Crippen LogP contribution in [0.15, 0.2) is 35.3 Å². The highest BCUT2D eigenvalue weighted by Crippen LogP contribution is 2.15. The molecule has 2 nitrogen and oxygen atoms in total. The summed E-state index contributed by atoms with van der Waals surface area (Å²) >= 11 is 3.45. The van der Waals surface area contributed by atoms with Gasteiger partial charge in [-0.05, 0) is 31.0 Å². The third kappa shape index (κ3) is 6.07. The van der Waals surface area contributed by atoms with Crippen LogP contribution in [-0.2, 0) is 9.47 Å². The molecule has 0 aliphatic rings. The summed E-state index contributed by atoms with van der Waals surface area (Å²) in [7, 11) is 1.61. The zero-order valence-corrected chi connectivity index (χ0v) is 13.0. The summed E-state index contributed by atoms with van der Waals surface area (Å²) in [5.74, 6) is 6.36. The van der Waals surface area contributed by atoms with Gasteiger partial charge in [-0.2, -0.15) is 0 Å². The Kier molecular flexibility index (Phi) is 7.50. The predicted molar refractivity (Wildman–Crippen MR) is 81.9 cm³/mol. The third-order valence-corrected chi connectivity index (χ3v) is 3.13. The highest BCUT2D eigenvalue weighted by Gasteiger charge is 2.02. The summed E-state index contributed by atoms with van der Waals surface area (Å²) in [4.78, 5) is 0. The number of aryl methyl sites for hydroxylation is 1. The molecule has 1 atom stereocenters. The van der Waals surface area contributed by atoms with Crippen LogP contribution < -0.4 is 0 Å². The molecule has 1 rings (SSSR count). The molecule has 0 amide bonds. The van der Waals surface area contributed by atoms with Gasteiger partial charge >= 0.3 is 0 Å². The van der Waals surface area contributed by atoms with Crippen LogP contribution in [-0.4, -0.2) is 20.0 Å². The lowest BCUT2D eigenvalue weighted by molar-refractivity contribution is -0.0569. The Morgan fingerprint density at radius 1 is 1.47 bits per heavy atom. The molecule has 0 aliphatic heterocycles. The first-order chi connectivity index (χ1) is 9.17. The first-order valence-electron chi connectivity index (χ1n) is 6.15. The Bertz CT molecular complexity index is 471. The zero-order valence-electron chi connectivity index (χ0n) is 11.4. The van der Waals surface area contributed by atoms with Crippen LogP contribution in [0.1, 0.15) is 24.0 Å². The molecule has 0 spiro atoms. The quantitative estimate of drug-likeness (QED) is 0.446. The highest BCUT2D eigenvalue weighted by molar-refractivity contribution is 9.10. The van der Waals surface area contributed by atoms with Crippen LogP contribution in [0.2, 0.25) is 0 Å². The minimum atomic E-state index is -0.00198. The SMILES string of the molecule is C=C[C@@H](CCC#Cc1cc(Br)ccc1C)OCOC. The van der Waals surface area contributed by atoms with E-state index in [1.807, 2.05) is 12.1 Å². The minimum Gasteiger partial charge on any atom is -0.359 e. The van der Waals surface area contributed by atoms with Crippen LogP contribution in [0.5, 0.6) is 0 Å². The number of methoxy groups -OCH3 is 1. The maximum Gasteiger partial charge on any atom is 0.147 e. The fourth-order valence-electron chi connectivity index (χ4n) is 1.53. The van der Waals surface area contributed by atoms with Crippen molar-refractivity contribution in [1.29, 1.82) is 0 Å². The topological polar surface area (TPSA) is 18.5 Å². The zero-order chi connectivity index (χ0) is 14.1. The van der Waals surface area contributed by atoms with Crippen LogP contribution >= 0.6 is 15.9 Å². The molecular formula is C16H19BrO2. The molecule has 0 aliphatic carbocycles. The van der Waals surface area contributed by atoms with Gasteiger partial charge in [0, 0.05) is 23.6 Å². The van der Waals surface area contributed by atoms with Crippen molar-refractivity contribution in [3.63, 3.8) is 0 Å². The molecule has 0 bridgehead atoms. The lowest BCUT2D eigenvalue weighted by Gasteiger charge is -2.10. The smallest absolute Gasteiger partial charge is 0.147 e. The molecule has 3 heteroatoms. The highest BCUT2D eigenvalue weighted by atomic mass is 79.9. The summed E-state index contributed by atoms with van der Waals surface area (Å²) in [5, 5.41) is 0. The van der Waals surface area contributed by atoms with Gasteiger partial charge in [0.15, 0.2) is 0 Å². The molecule has 0 saturated heterocycles. The van der Waals surface area contributed by atoms with Gasteiger partial charge in [-0.25, -0.2) is 0 Å². The normalized spacial score (nSPS) is 11.5. The second-order valence-corrected chi connectivity index (χ2v) is 5.06. The number of benzene rings is 1. The molecule has 19 heavy (non-hydrogen) atoms. The molecular weight excluding hydrogens is 304 g/mol. The van der Waals surface area contributed by atoms with Gasteiger partial charge in [-0.1, -0.05) is 39.9 Å². The summed E-state index contributed by atoms with van der Waals surface area (Å²) in [6, 6.07) is 6.12. The molecule has 102 valence electrons. The average Bonchev–Trinajstić information content (AvgIpc) is 2.41. The number of ether oxygens (including phenoxy) is 2. The molecule has 0 radical (unpaired) electrons. The van der Waals surface area contributed by atoms with Gasteiger partial charge in [0.2, 0.25) is 0 Å². The van der Waals surface area contributed by atoms with Crippen molar-refractivity contribution < 1.29 is 9.47 Å². The summed E-state index contributed by atoms with van der Waals surface area (Å²) in [5.41, 5.74) is 2.24. The second-order valence-electron chi connectivity index (χ2n) is 4.15. The Morgan fingerprint density at radius 2 is 2.26 bits per heavy atom. The van der Waals surface area contributed by atoms with Crippen molar-refractivity contribution in [2.75, 3.05) is 13.9 Å². The standard InChI is InChI=1S/C16H19BrO2/c1-4-16(19-12-18-3)8-6-5-7-14-11-15(17)10-9-13(14)2/h4,9-11,16H,1,6,8,12H2,2-3H3/t16-/m0/s1. The Hall–Kier alpha value is -1.08. The van der Waals surface area contributed by atoms with Crippen molar-refractivity contribution in [1.82, 2.24) is 0 Å². The van der Waals surface area contributed by atoms with Crippen LogP contribution in [0.25, 0.3) is 0 Å². The van der Waals surface area contributed by atoms with E-state index in [0.717, 1.165) is 22.9 Å². The van der Waals surface area contributed by atoms with E-state index in [-0.39, 0.29) is 12.9 Å². The van der Waals surface area contributed by atoms with Crippen molar-refractivity contribution in [3.05, 3.63) is 46.5 Å². The van der Waals surface area contributed by atoms with Gasteiger partial charge in [0.1, 0.15) is 6.79 Å². The first-order valence-corrected chi connectivity index (χ1v) is 6.94. The Labute approximate surface area is 123 Å². The number of rotatable bonds is 6. The van der Waals surface area contributed by atoms with E-state index in [9.17, 15) is 0 Å². The molecule has 1 aromatic carbocycles. The van der Waals surface area contributed by atoms with Crippen molar-refractivity contribution in [2.24, 2.45) is 0 Å². The number of halogens is 1. The summed E-state index contributed by atoms with van der Waals surface area (Å²) in [6.07, 6.45) is 3.38. The van der Waals surface area contributed by atoms with Crippen molar-refractivity contribution >= 4 is 15.9 Å². The van der Waals surface area contributed by atoms with E-state index in [1.165, 1.54) is 5.56 Å². The van der Waals surface area contributed by atoms with Gasteiger partial charge in [-0.3, -0.25) is 0 Å². The molecule has 0 unspecified atom stereocenters. The lowest BCUT2D eigenvalue weighted by atomic mass is 10.1. The molecule has 0 aromatic heterocycles. The van der Waals surface area contributed by atoms with E-state index >= 15 is 0 Å². The largest absolute Gasteiger partial charge is 0.359 e. The summed E-state index contributed by atoms with van der Waals surface area (Å²) in [6.45, 7) is 6.09. The fourth-order valence-corrected chi connectivity index (χ4v) is 1.89. The molecule has 0 fully saturated rings. The van der Waals surface area contributed by atoms with Gasteiger partial charge in [0.25, 0.3) is 0 Å². The summed E-state index contributed by atoms with van der Waals surface area (Å²) < 4.78 is 11.3. The van der Waals surface area contributed by atoms with Crippen molar-refractivity contribution in [2.45, 2.75) is 25.9 Å². The Morgan fingerprint density at radius 3 is 2.95 bits per heavy atom. The monoisotopic (exact) mass is 322 g/mol. The minimum absolute atomic E-state index is 0.00198. The number of hydrogen-bond acceptors (Lipinski definition) is 2. The molecule has 0 saturated carbocycles. The predicted octanol–water partition coefficient (Wildman–Crippen LogP) is 4.06. The van der Waals surface area contributed by atoms with E-state index < -0.39 is 0 Å². The molecule has 1 aromatic rings. The molecule has 0 N–H and O–H groups in total. The maximum absolute atomic E-state index is 5.42. The van der Waals surface area contributed by atoms with E-state index in [4.69, 9.17) is 9.47 Å². The van der Waals surface area contributed by atoms with Gasteiger partial charge < -0.3 is 9.47 Å². The number of hydrogen-bond donors (Lipinski definition) is 0. The first kappa shape index (κ1) is 16.0. The maximum atomic E-state index is 5.42. The van der Waals surface area contributed by atoms with E-state index in [1.54, 1.807) is 13.2 Å². The van der Waals surface area contributed by atoms with Crippen LogP contribution in [0.3, 0.4) is 0 Å². The third-order valence-electron chi connectivity index (χ3n) is 2.64. The van der Waals surface area contributed by atoms with Crippen LogP contribution in [0, 0.1) is 18.8 Å². The fraction of sp³-hybridized carbons (Fsp3) is 0.375. The second kappa shape index (κ2) is 8.92. The van der Waals surface area contributed by atoms with Gasteiger partial charge in [-0.15, -0.1) is 6.58 Å². The van der Waals surface area contributed by atoms with Crippen LogP contribution in [0.4, 0.5) is 0 Å².